The Balaban J connectivity index is 1.32. The predicted octanol–water partition coefficient (Wildman–Crippen LogP) is 3.53. The van der Waals surface area contributed by atoms with Crippen LogP contribution in [0.5, 0.6) is 5.75 Å². The van der Waals surface area contributed by atoms with Gasteiger partial charge < -0.3 is 24.2 Å². The molecule has 2 aromatic heterocycles. The van der Waals surface area contributed by atoms with Crippen LogP contribution in [-0.2, 0) is 14.3 Å². The van der Waals surface area contributed by atoms with Crippen LogP contribution in [0.2, 0.25) is 0 Å². The van der Waals surface area contributed by atoms with Crippen molar-refractivity contribution in [1.82, 2.24) is 14.5 Å². The number of amides is 1. The van der Waals surface area contributed by atoms with Crippen LogP contribution in [0.25, 0.3) is 21.6 Å². The van der Waals surface area contributed by atoms with Crippen LogP contribution in [0.3, 0.4) is 0 Å². The summed E-state index contributed by atoms with van der Waals surface area (Å²) in [7, 11) is 1.27. The second-order valence-corrected chi connectivity index (χ2v) is 12.8. The van der Waals surface area contributed by atoms with Crippen molar-refractivity contribution in [1.29, 1.82) is 0 Å². The second-order valence-electron chi connectivity index (χ2n) is 11.9. The number of hydrogen-bond donors (Lipinski definition) is 1. The number of esters is 1. The van der Waals surface area contributed by atoms with E-state index >= 15 is 0 Å². The highest BCUT2D eigenvalue weighted by Gasteiger charge is 2.47. The van der Waals surface area contributed by atoms with Gasteiger partial charge in [-0.1, -0.05) is 30.3 Å². The van der Waals surface area contributed by atoms with Crippen molar-refractivity contribution < 1.29 is 33.3 Å². The summed E-state index contributed by atoms with van der Waals surface area (Å²) < 4.78 is 33.3. The Morgan fingerprint density at radius 1 is 1.06 bits per heavy atom. The van der Waals surface area contributed by atoms with Crippen molar-refractivity contribution in [2.45, 2.75) is 37.5 Å². The van der Waals surface area contributed by atoms with Crippen LogP contribution in [0, 0.1) is 5.82 Å². The number of nitrogens with zero attached hydrogens (tertiary/aromatic N) is 4. The van der Waals surface area contributed by atoms with E-state index in [1.165, 1.54) is 36.4 Å². The number of methoxy groups -OCH3 is 1. The number of rotatable bonds is 5. The van der Waals surface area contributed by atoms with E-state index in [4.69, 9.17) is 14.2 Å². The number of carbonyl (C=O) groups is 2. The normalized spacial score (nSPS) is 22.4. The third-order valence-corrected chi connectivity index (χ3v) is 10.4. The largest absolute Gasteiger partial charge is 0.468 e. The van der Waals surface area contributed by atoms with Gasteiger partial charge in [0.25, 0.3) is 12.3 Å². The summed E-state index contributed by atoms with van der Waals surface area (Å²) in [6.07, 6.45) is 0.302. The minimum absolute atomic E-state index is 0.0660. The maximum absolute atomic E-state index is 14.9. The summed E-state index contributed by atoms with van der Waals surface area (Å²) in [5.41, 5.74) is 3.66. The van der Waals surface area contributed by atoms with Crippen molar-refractivity contribution in [3.8, 4) is 27.3 Å². The quantitative estimate of drug-likeness (QED) is 0.254. The van der Waals surface area contributed by atoms with E-state index < -0.39 is 42.0 Å². The van der Waals surface area contributed by atoms with Gasteiger partial charge in [0, 0.05) is 35.8 Å². The lowest BCUT2D eigenvalue weighted by atomic mass is 9.92. The molecule has 4 atom stereocenters. The van der Waals surface area contributed by atoms with Gasteiger partial charge in [-0.05, 0) is 58.7 Å². The molecule has 2 aromatic carbocycles. The summed E-state index contributed by atoms with van der Waals surface area (Å²) in [6.45, 7) is 1.06. The lowest BCUT2D eigenvalue weighted by molar-refractivity contribution is -0.168. The molecule has 0 bridgehead atoms. The van der Waals surface area contributed by atoms with Crippen molar-refractivity contribution in [2.75, 3.05) is 38.4 Å². The number of ether oxygens (including phenoxy) is 3. The van der Waals surface area contributed by atoms with Gasteiger partial charge in [0.05, 0.1) is 26.4 Å². The Morgan fingerprint density at radius 3 is 2.74 bits per heavy atom. The number of benzene rings is 2. The van der Waals surface area contributed by atoms with E-state index in [2.05, 4.69) is 0 Å². The number of likely N-dealkylation sites (tertiary alicyclic amines) is 1. The molecule has 13 heteroatoms. The molecule has 3 aliphatic heterocycles. The van der Waals surface area contributed by atoms with Crippen LogP contribution in [-0.4, -0.2) is 83.5 Å². The van der Waals surface area contributed by atoms with Gasteiger partial charge in [-0.15, -0.1) is 11.3 Å². The molecule has 2 fully saturated rings. The number of carbonyl (C=O) groups excluding carboxylic acids is 2. The summed E-state index contributed by atoms with van der Waals surface area (Å²) >= 11 is 1.57. The number of morpholine rings is 1. The Bertz CT molecular complexity index is 1960. The molecule has 2 unspecified atom stereocenters. The molecule has 0 saturated carbocycles. The van der Waals surface area contributed by atoms with Crippen molar-refractivity contribution in [2.24, 2.45) is 0 Å². The average Bonchev–Trinajstić information content (AvgIpc) is 3.77. The molecule has 0 radical (unpaired) electrons. The fraction of sp³-hybridized carbons (Fsp3) is 0.324. The van der Waals surface area contributed by atoms with Gasteiger partial charge in [-0.25, -0.2) is 9.29 Å². The van der Waals surface area contributed by atoms with Gasteiger partial charge in [0.15, 0.2) is 5.69 Å². The zero-order valence-corrected chi connectivity index (χ0v) is 26.2. The average molecular weight is 659 g/mol. The number of fused-ring (bicyclic) bond motifs is 7. The number of thiophene rings is 1. The molecule has 242 valence electrons. The molecule has 1 N–H and O–H groups in total. The van der Waals surface area contributed by atoms with E-state index in [1.54, 1.807) is 27.0 Å². The molecular weight excluding hydrogens is 627 g/mol. The summed E-state index contributed by atoms with van der Waals surface area (Å²) in [5, 5.41) is 15.2. The van der Waals surface area contributed by atoms with Gasteiger partial charge >= 0.3 is 5.97 Å². The summed E-state index contributed by atoms with van der Waals surface area (Å²) in [4.78, 5) is 44.3. The number of hydrogen-bond acceptors (Lipinski definition) is 10. The molecule has 47 heavy (non-hydrogen) atoms. The Labute approximate surface area is 272 Å². The summed E-state index contributed by atoms with van der Waals surface area (Å²) in [5.74, 6) is -1.69. The molecule has 1 aliphatic carbocycles. The smallest absolute Gasteiger partial charge is 0.323 e. The first-order chi connectivity index (χ1) is 22.9. The van der Waals surface area contributed by atoms with E-state index in [0.717, 1.165) is 32.7 Å². The monoisotopic (exact) mass is 658 g/mol. The Morgan fingerprint density at radius 2 is 1.89 bits per heavy atom. The van der Waals surface area contributed by atoms with Crippen molar-refractivity contribution in [3.05, 3.63) is 99.0 Å². The third-order valence-electron chi connectivity index (χ3n) is 9.46. The van der Waals surface area contributed by atoms with Gasteiger partial charge in [0.1, 0.15) is 18.0 Å². The zero-order valence-electron chi connectivity index (χ0n) is 25.4. The van der Waals surface area contributed by atoms with Crippen LogP contribution < -0.4 is 15.2 Å². The molecule has 0 spiro atoms. The molecule has 8 rings (SSSR count). The topological polar surface area (TPSA) is 114 Å². The highest BCUT2D eigenvalue weighted by atomic mass is 32.1. The first-order valence-electron chi connectivity index (χ1n) is 15.4. The Hall–Kier alpha value is -4.56. The number of pyridine rings is 1. The standard InChI is InChI=1S/C34H31FN4O7S/c1-44-33(42)25-7-4-12-36(25)34(43)46-30-26(40)10-13-38-29(30)32(41)37-14-15-45-18-27(37)39(38)28-20-5-2-3-6-22(20)31-23(11-16-47-31)24-17-19(35)8-9-21(24)28/h2-3,5-6,8-11,13,16-17,25,27-28,34,43H,4,7,12,14-15,18H2,1H3/t25-,27+,28?,34?/m0/s1. The maximum Gasteiger partial charge on any atom is 0.323 e. The fourth-order valence-electron chi connectivity index (χ4n) is 7.37. The van der Waals surface area contributed by atoms with Crippen LogP contribution in [0.1, 0.15) is 40.5 Å². The number of halogens is 1. The molecule has 4 aromatic rings. The minimum atomic E-state index is -1.69. The van der Waals surface area contributed by atoms with Gasteiger partial charge in [0.2, 0.25) is 11.2 Å². The van der Waals surface area contributed by atoms with Gasteiger partial charge in [-0.2, -0.15) is 0 Å². The van der Waals surface area contributed by atoms with Crippen LogP contribution >= 0.6 is 11.3 Å². The molecule has 5 heterocycles. The van der Waals surface area contributed by atoms with E-state index in [0.29, 0.717) is 26.0 Å². The zero-order chi connectivity index (χ0) is 32.4. The second kappa shape index (κ2) is 11.6. The van der Waals surface area contributed by atoms with Crippen LogP contribution in [0.4, 0.5) is 4.39 Å². The lowest BCUT2D eigenvalue weighted by Gasteiger charge is -2.51. The first kappa shape index (κ1) is 29.8. The van der Waals surface area contributed by atoms with Crippen molar-refractivity contribution in [3.63, 3.8) is 0 Å². The highest BCUT2D eigenvalue weighted by molar-refractivity contribution is 7.14. The van der Waals surface area contributed by atoms with Gasteiger partial charge in [-0.3, -0.25) is 24.1 Å². The number of aliphatic hydroxyl groups is 1. The summed E-state index contributed by atoms with van der Waals surface area (Å²) in [6, 6.07) is 14.7. The predicted molar refractivity (Wildman–Crippen MR) is 170 cm³/mol. The third kappa shape index (κ3) is 4.67. The first-order valence-corrected chi connectivity index (χ1v) is 16.3. The molecular formula is C34H31FN4O7S. The van der Waals surface area contributed by atoms with E-state index in [9.17, 15) is 23.9 Å². The minimum Gasteiger partial charge on any atom is -0.468 e. The molecule has 1 amide bonds. The molecule has 2 saturated heterocycles. The van der Waals surface area contributed by atoms with Crippen LogP contribution in [0.15, 0.2) is 71.0 Å². The molecule has 4 aliphatic rings. The molecule has 11 nitrogen and oxygen atoms in total. The lowest BCUT2D eigenvalue weighted by Crippen LogP contribution is -2.66. The van der Waals surface area contributed by atoms with E-state index in [1.807, 2.05) is 40.7 Å². The number of aromatic nitrogens is 1. The van der Waals surface area contributed by atoms with E-state index in [-0.39, 0.29) is 30.4 Å². The van der Waals surface area contributed by atoms with Crippen molar-refractivity contribution >= 4 is 23.2 Å². The fourth-order valence-corrected chi connectivity index (χ4v) is 8.33. The Kier molecular flexibility index (Phi) is 7.36. The highest BCUT2D eigenvalue weighted by Crippen LogP contribution is 2.50. The number of aliphatic hydroxyl groups excluding tert-OH is 1. The SMILES string of the molecule is COC(=O)[C@@H]1CCCN1C(O)Oc1c2n(ccc1=O)N(C1c3ccc(F)cc3-c3ccsc3-c3ccccc31)[C@@H]1COCCN1C2=O. The maximum atomic E-state index is 14.9.